The number of nitrogens with one attached hydrogen (secondary N) is 1. The molecule has 33 heavy (non-hydrogen) atoms. The Morgan fingerprint density at radius 3 is 2.36 bits per heavy atom. The maximum Gasteiger partial charge on any atom is 0.301 e. The summed E-state index contributed by atoms with van der Waals surface area (Å²) < 4.78 is 0. The molecule has 3 aromatic carbocycles. The smallest absolute Gasteiger partial charge is 0.272 e. The van der Waals surface area contributed by atoms with E-state index in [0.29, 0.717) is 5.75 Å². The summed E-state index contributed by atoms with van der Waals surface area (Å²) in [5.41, 5.74) is 4.54. The summed E-state index contributed by atoms with van der Waals surface area (Å²) in [5.74, 6) is 0.694. The molecular weight excluding hydrogens is 440 g/mol. The average molecular weight is 465 g/mol. The van der Waals surface area contributed by atoms with E-state index in [1.807, 2.05) is 62.4 Å². The Labute approximate surface area is 196 Å². The van der Waals surface area contributed by atoms with Gasteiger partial charge in [0.25, 0.3) is 5.69 Å². The molecule has 1 unspecified atom stereocenters. The van der Waals surface area contributed by atoms with Gasteiger partial charge in [-0.15, -0.1) is 11.8 Å². The second-order valence-corrected chi connectivity index (χ2v) is 8.88. The highest BCUT2D eigenvalue weighted by molar-refractivity contribution is 7.99. The van der Waals surface area contributed by atoms with Crippen molar-refractivity contribution in [2.75, 3.05) is 11.2 Å². The van der Waals surface area contributed by atoms with Gasteiger partial charge in [-0.25, -0.2) is 0 Å². The Hall–Kier alpha value is -3.72. The highest BCUT2D eigenvalue weighted by atomic mass is 32.2. The van der Waals surface area contributed by atoms with Crippen LogP contribution in [0.2, 0.25) is 0 Å². The maximum atomic E-state index is 11.4. The molecule has 0 spiro atoms. The molecule has 1 atom stereocenters. The first kappa shape index (κ1) is 23.9. The highest BCUT2D eigenvalue weighted by Gasteiger charge is 2.31. The summed E-state index contributed by atoms with van der Waals surface area (Å²) >= 11 is 1.70. The number of rotatable bonds is 9. The molecule has 9 heteroatoms. The van der Waals surface area contributed by atoms with Crippen LogP contribution in [0, 0.1) is 27.2 Å². The lowest BCUT2D eigenvalue weighted by Gasteiger charge is -2.30. The molecule has 0 saturated carbocycles. The second-order valence-electron chi connectivity index (χ2n) is 7.83. The molecule has 0 fully saturated rings. The number of non-ortho nitro benzene ring substituents is 1. The zero-order chi connectivity index (χ0) is 24.0. The van der Waals surface area contributed by atoms with Crippen LogP contribution >= 0.6 is 11.8 Å². The monoisotopic (exact) mass is 464 g/mol. The lowest BCUT2D eigenvalue weighted by atomic mass is 9.80. The summed E-state index contributed by atoms with van der Waals surface area (Å²) in [4.78, 5) is 22.2. The fourth-order valence-electron chi connectivity index (χ4n) is 3.28. The Kier molecular flexibility index (Phi) is 7.44. The number of aryl methyl sites for hydroxylation is 1. The first-order chi connectivity index (χ1) is 15.7. The maximum absolute atomic E-state index is 11.4. The lowest BCUT2D eigenvalue weighted by molar-refractivity contribution is -0.393. The zero-order valence-electron chi connectivity index (χ0n) is 18.5. The predicted molar refractivity (Wildman–Crippen MR) is 132 cm³/mol. The van der Waals surface area contributed by atoms with Crippen LogP contribution in [0.25, 0.3) is 0 Å². The molecule has 3 aromatic rings. The van der Waals surface area contributed by atoms with Crippen molar-refractivity contribution in [2.24, 2.45) is 5.10 Å². The van der Waals surface area contributed by atoms with Gasteiger partial charge in [0.05, 0.1) is 15.9 Å². The molecule has 0 bridgehead atoms. The van der Waals surface area contributed by atoms with E-state index in [2.05, 4.69) is 23.5 Å². The van der Waals surface area contributed by atoms with E-state index in [1.54, 1.807) is 11.8 Å². The van der Waals surface area contributed by atoms with Crippen molar-refractivity contribution in [3.8, 4) is 0 Å². The topological polar surface area (TPSA) is 111 Å². The number of hydrazone groups is 1. The van der Waals surface area contributed by atoms with Crippen molar-refractivity contribution in [1.29, 1.82) is 0 Å². The van der Waals surface area contributed by atoms with E-state index in [1.165, 1.54) is 12.1 Å². The van der Waals surface area contributed by atoms with Crippen molar-refractivity contribution in [3.05, 3.63) is 104 Å². The summed E-state index contributed by atoms with van der Waals surface area (Å²) in [7, 11) is 0. The minimum atomic E-state index is -0.666. The third kappa shape index (κ3) is 5.75. The lowest BCUT2D eigenvalue weighted by Crippen LogP contribution is -2.34. The number of hydrogen-bond acceptors (Lipinski definition) is 7. The Bertz CT molecular complexity index is 1200. The van der Waals surface area contributed by atoms with Gasteiger partial charge in [-0.05, 0) is 44.5 Å². The van der Waals surface area contributed by atoms with Crippen molar-refractivity contribution in [1.82, 2.24) is 0 Å². The van der Waals surface area contributed by atoms with Gasteiger partial charge in [0.1, 0.15) is 5.69 Å². The summed E-state index contributed by atoms with van der Waals surface area (Å²) in [6, 6.07) is 21.7. The summed E-state index contributed by atoms with van der Waals surface area (Å²) in [6.45, 7) is 5.99. The summed E-state index contributed by atoms with van der Waals surface area (Å²) in [5, 5.41) is 26.9. The highest BCUT2D eigenvalue weighted by Crippen LogP contribution is 2.34. The molecule has 0 aliphatic rings. The zero-order valence-corrected chi connectivity index (χ0v) is 19.3. The number of nitrogens with zero attached hydrogens (tertiary/aromatic N) is 3. The van der Waals surface area contributed by atoms with Crippen LogP contribution in [0.5, 0.6) is 0 Å². The molecule has 0 radical (unpaired) electrons. The van der Waals surface area contributed by atoms with Crippen LogP contribution in [0.4, 0.5) is 17.1 Å². The Morgan fingerprint density at radius 1 is 1.00 bits per heavy atom. The van der Waals surface area contributed by atoms with Gasteiger partial charge in [0.15, 0.2) is 0 Å². The van der Waals surface area contributed by atoms with Crippen LogP contribution in [0.15, 0.2) is 82.8 Å². The number of anilines is 1. The SMILES string of the molecule is C/C(=N\Nc1ccc([N+](=O)[O-])cc1[N+](=O)[O-])C(C)(CSc1ccccc1)c1cccc(C)c1. The van der Waals surface area contributed by atoms with Crippen LogP contribution in [0.3, 0.4) is 0 Å². The minimum Gasteiger partial charge on any atom is -0.272 e. The fourth-order valence-corrected chi connectivity index (χ4v) is 4.46. The Morgan fingerprint density at radius 2 is 1.73 bits per heavy atom. The van der Waals surface area contributed by atoms with E-state index in [4.69, 9.17) is 0 Å². The molecule has 0 aliphatic heterocycles. The molecule has 170 valence electrons. The van der Waals surface area contributed by atoms with Crippen LogP contribution in [-0.2, 0) is 5.41 Å². The van der Waals surface area contributed by atoms with Crippen LogP contribution in [-0.4, -0.2) is 21.3 Å². The van der Waals surface area contributed by atoms with Crippen molar-refractivity contribution in [3.63, 3.8) is 0 Å². The summed E-state index contributed by atoms with van der Waals surface area (Å²) in [6.07, 6.45) is 0. The fraction of sp³-hybridized carbons (Fsp3) is 0.208. The predicted octanol–water partition coefficient (Wildman–Crippen LogP) is 6.35. The largest absolute Gasteiger partial charge is 0.301 e. The number of nitro benzene ring substituents is 2. The van der Waals surface area contributed by atoms with Gasteiger partial charge in [-0.2, -0.15) is 5.10 Å². The van der Waals surface area contributed by atoms with Gasteiger partial charge in [-0.3, -0.25) is 25.7 Å². The van der Waals surface area contributed by atoms with Gasteiger partial charge in [0.2, 0.25) is 0 Å². The normalized spacial score (nSPS) is 13.2. The number of benzene rings is 3. The first-order valence-electron chi connectivity index (χ1n) is 10.2. The standard InChI is InChI=1S/C24H24N4O4S/c1-17-8-7-9-19(14-17)24(3,16-33-21-10-5-4-6-11-21)18(2)25-26-22-13-12-20(27(29)30)15-23(22)28(31)32/h4-15,26H,16H2,1-3H3/b25-18+. The number of nitro groups is 2. The molecule has 8 nitrogen and oxygen atoms in total. The Balaban J connectivity index is 1.95. The third-order valence-corrected chi connectivity index (χ3v) is 6.78. The van der Waals surface area contributed by atoms with Gasteiger partial charge in [-0.1, -0.05) is 48.0 Å². The molecule has 0 aromatic heterocycles. The molecule has 3 rings (SSSR count). The van der Waals surface area contributed by atoms with E-state index in [9.17, 15) is 20.2 Å². The van der Waals surface area contributed by atoms with Gasteiger partial charge < -0.3 is 0 Å². The average Bonchev–Trinajstić information content (AvgIpc) is 2.81. The van der Waals surface area contributed by atoms with E-state index >= 15 is 0 Å². The van der Waals surface area contributed by atoms with Crippen LogP contribution in [0.1, 0.15) is 25.0 Å². The van der Waals surface area contributed by atoms with Gasteiger partial charge >= 0.3 is 5.69 Å². The van der Waals surface area contributed by atoms with E-state index in [-0.39, 0.29) is 11.4 Å². The molecular formula is C24H24N4O4S. The molecule has 0 saturated heterocycles. The first-order valence-corrected chi connectivity index (χ1v) is 11.2. The van der Waals surface area contributed by atoms with Crippen molar-refractivity contribution < 1.29 is 9.85 Å². The van der Waals surface area contributed by atoms with Crippen molar-refractivity contribution >= 4 is 34.5 Å². The second kappa shape index (κ2) is 10.3. The quantitative estimate of drug-likeness (QED) is 0.171. The van der Waals surface area contributed by atoms with E-state index in [0.717, 1.165) is 27.8 Å². The minimum absolute atomic E-state index is 0.0901. The molecule has 0 amide bonds. The van der Waals surface area contributed by atoms with Crippen LogP contribution < -0.4 is 5.43 Å². The van der Waals surface area contributed by atoms with E-state index < -0.39 is 20.9 Å². The molecule has 0 aliphatic carbocycles. The number of thioether (sulfide) groups is 1. The number of hydrogen-bond donors (Lipinski definition) is 1. The van der Waals surface area contributed by atoms with Crippen molar-refractivity contribution in [2.45, 2.75) is 31.1 Å². The van der Waals surface area contributed by atoms with Gasteiger partial charge in [0, 0.05) is 27.8 Å². The third-order valence-electron chi connectivity index (χ3n) is 5.46. The molecule has 0 heterocycles. The molecule has 1 N–H and O–H groups in total.